The normalized spacial score (nSPS) is 18.0. The zero-order valence-corrected chi connectivity index (χ0v) is 14.2. The van der Waals surface area contributed by atoms with Gasteiger partial charge in [-0.05, 0) is 36.0 Å². The minimum absolute atomic E-state index is 0.377. The first-order valence-corrected chi connectivity index (χ1v) is 8.13. The minimum atomic E-state index is 0.377. The molecule has 0 aromatic heterocycles. The topological polar surface area (TPSA) is 24.5 Å². The number of anilines is 1. The van der Waals surface area contributed by atoms with Crippen LogP contribution in [0.2, 0.25) is 5.02 Å². The zero-order valence-electron chi connectivity index (χ0n) is 13.4. The lowest BCUT2D eigenvalue weighted by Gasteiger charge is -2.39. The average molecular weight is 311 g/mol. The fourth-order valence-electron chi connectivity index (χ4n) is 2.95. The van der Waals surface area contributed by atoms with Crippen molar-refractivity contribution in [1.82, 2.24) is 5.32 Å². The Kier molecular flexibility index (Phi) is 5.91. The molecule has 0 spiro atoms. The Hall–Kier alpha value is -0.770. The molecule has 0 saturated carbocycles. The molecule has 0 bridgehead atoms. The Morgan fingerprint density at radius 2 is 2.19 bits per heavy atom. The maximum atomic E-state index is 6.50. The van der Waals surface area contributed by atoms with E-state index >= 15 is 0 Å². The summed E-state index contributed by atoms with van der Waals surface area (Å²) >= 11 is 6.50. The maximum absolute atomic E-state index is 6.50. The Morgan fingerprint density at radius 3 is 2.86 bits per heavy atom. The lowest BCUT2D eigenvalue weighted by atomic mass is 9.84. The van der Waals surface area contributed by atoms with Crippen LogP contribution < -0.4 is 10.2 Å². The number of hydrogen-bond acceptors (Lipinski definition) is 3. The summed E-state index contributed by atoms with van der Waals surface area (Å²) < 4.78 is 5.03. The molecule has 1 heterocycles. The van der Waals surface area contributed by atoms with Gasteiger partial charge in [-0.1, -0.05) is 31.5 Å². The standard InChI is InChI=1S/C17H27ClN2O/c1-17(2)7-4-9-20(13-17)16-6-5-14(11-15(16)18)12-19-8-10-21-3/h5-6,11,19H,4,7-10,12-13H2,1-3H3. The van der Waals surface area contributed by atoms with Crippen molar-refractivity contribution in [1.29, 1.82) is 0 Å². The molecule has 3 nitrogen and oxygen atoms in total. The molecule has 21 heavy (non-hydrogen) atoms. The van der Waals surface area contributed by atoms with Crippen LogP contribution in [0.25, 0.3) is 0 Å². The van der Waals surface area contributed by atoms with Crippen molar-refractivity contribution in [2.75, 3.05) is 38.3 Å². The zero-order chi connectivity index (χ0) is 15.3. The van der Waals surface area contributed by atoms with Gasteiger partial charge < -0.3 is 15.0 Å². The van der Waals surface area contributed by atoms with E-state index in [1.165, 1.54) is 24.1 Å². The highest BCUT2D eigenvalue weighted by Crippen LogP contribution is 2.35. The van der Waals surface area contributed by atoms with Gasteiger partial charge >= 0.3 is 0 Å². The molecular weight excluding hydrogens is 284 g/mol. The van der Waals surface area contributed by atoms with Crippen LogP contribution in [-0.4, -0.2) is 33.4 Å². The van der Waals surface area contributed by atoms with Crippen molar-refractivity contribution in [2.24, 2.45) is 5.41 Å². The van der Waals surface area contributed by atoms with Gasteiger partial charge in [0.15, 0.2) is 0 Å². The highest BCUT2D eigenvalue weighted by Gasteiger charge is 2.27. The number of halogens is 1. The highest BCUT2D eigenvalue weighted by molar-refractivity contribution is 6.33. The van der Waals surface area contributed by atoms with Gasteiger partial charge in [-0.25, -0.2) is 0 Å². The predicted octanol–water partition coefficient (Wildman–Crippen LogP) is 3.70. The molecule has 1 saturated heterocycles. The first-order valence-electron chi connectivity index (χ1n) is 7.75. The Balaban J connectivity index is 1.98. The van der Waals surface area contributed by atoms with Crippen LogP contribution in [0, 0.1) is 5.41 Å². The summed E-state index contributed by atoms with van der Waals surface area (Å²) in [5.41, 5.74) is 2.77. The third-order valence-corrected chi connectivity index (χ3v) is 4.37. The molecule has 118 valence electrons. The molecule has 1 N–H and O–H groups in total. The van der Waals surface area contributed by atoms with Crippen molar-refractivity contribution in [3.63, 3.8) is 0 Å². The third-order valence-electron chi connectivity index (χ3n) is 4.07. The van der Waals surface area contributed by atoms with Gasteiger partial charge in [-0.2, -0.15) is 0 Å². The van der Waals surface area contributed by atoms with Crippen LogP contribution in [0.5, 0.6) is 0 Å². The van der Waals surface area contributed by atoms with Crippen LogP contribution in [-0.2, 0) is 11.3 Å². The summed E-state index contributed by atoms with van der Waals surface area (Å²) in [7, 11) is 1.72. The van der Waals surface area contributed by atoms with Crippen molar-refractivity contribution >= 4 is 17.3 Å². The molecule has 0 aliphatic carbocycles. The van der Waals surface area contributed by atoms with E-state index in [0.29, 0.717) is 5.41 Å². The molecule has 0 amide bonds. The van der Waals surface area contributed by atoms with Crippen molar-refractivity contribution in [3.8, 4) is 0 Å². The first kappa shape index (κ1) is 16.6. The molecule has 4 heteroatoms. The fraction of sp³-hybridized carbons (Fsp3) is 0.647. The second kappa shape index (κ2) is 7.48. The number of benzene rings is 1. The second-order valence-corrected chi connectivity index (χ2v) is 7.05. The van der Waals surface area contributed by atoms with Gasteiger partial charge in [0.1, 0.15) is 0 Å². The Bertz CT molecular complexity index is 462. The molecule has 1 aromatic rings. The maximum Gasteiger partial charge on any atom is 0.0642 e. The molecule has 0 unspecified atom stereocenters. The number of rotatable bonds is 6. The van der Waals surface area contributed by atoms with Gasteiger partial charge in [-0.15, -0.1) is 0 Å². The van der Waals surface area contributed by atoms with Crippen molar-refractivity contribution in [3.05, 3.63) is 28.8 Å². The van der Waals surface area contributed by atoms with E-state index in [9.17, 15) is 0 Å². The minimum Gasteiger partial charge on any atom is -0.383 e. The van der Waals surface area contributed by atoms with Gasteiger partial charge in [0.05, 0.1) is 17.3 Å². The van der Waals surface area contributed by atoms with Crippen molar-refractivity contribution in [2.45, 2.75) is 33.2 Å². The van der Waals surface area contributed by atoms with E-state index in [4.69, 9.17) is 16.3 Å². The summed E-state index contributed by atoms with van der Waals surface area (Å²) in [6, 6.07) is 6.41. The number of piperidine rings is 1. The van der Waals surface area contributed by atoms with Gasteiger partial charge in [0.2, 0.25) is 0 Å². The van der Waals surface area contributed by atoms with Crippen molar-refractivity contribution < 1.29 is 4.74 Å². The fourth-order valence-corrected chi connectivity index (χ4v) is 3.28. The highest BCUT2D eigenvalue weighted by atomic mass is 35.5. The van der Waals surface area contributed by atoms with Gasteiger partial charge in [0.25, 0.3) is 0 Å². The van der Waals surface area contributed by atoms with E-state index in [1.807, 2.05) is 0 Å². The molecule has 1 aliphatic heterocycles. The summed E-state index contributed by atoms with van der Waals surface area (Å²) in [5.74, 6) is 0. The quantitative estimate of drug-likeness (QED) is 0.811. The van der Waals surface area contributed by atoms with E-state index in [2.05, 4.69) is 42.3 Å². The monoisotopic (exact) mass is 310 g/mol. The van der Waals surface area contributed by atoms with Crippen LogP contribution in [0.4, 0.5) is 5.69 Å². The van der Waals surface area contributed by atoms with Crippen LogP contribution in [0.15, 0.2) is 18.2 Å². The molecule has 0 atom stereocenters. The largest absolute Gasteiger partial charge is 0.383 e. The molecule has 1 aliphatic rings. The van der Waals surface area contributed by atoms with Gasteiger partial charge in [-0.3, -0.25) is 0 Å². The SMILES string of the molecule is COCCNCc1ccc(N2CCCC(C)(C)C2)c(Cl)c1. The van der Waals surface area contributed by atoms with Gasteiger partial charge in [0, 0.05) is 33.3 Å². The van der Waals surface area contributed by atoms with E-state index < -0.39 is 0 Å². The van der Waals surface area contributed by atoms with E-state index in [-0.39, 0.29) is 0 Å². The molecule has 0 radical (unpaired) electrons. The molecule has 1 aromatic carbocycles. The third kappa shape index (κ3) is 4.87. The number of methoxy groups -OCH3 is 1. The summed E-state index contributed by atoms with van der Waals surface area (Å²) in [6.45, 7) is 9.27. The van der Waals surface area contributed by atoms with E-state index in [1.54, 1.807) is 7.11 Å². The number of nitrogens with zero attached hydrogens (tertiary/aromatic N) is 1. The van der Waals surface area contributed by atoms with Crippen LogP contribution in [0.1, 0.15) is 32.3 Å². The van der Waals surface area contributed by atoms with Crippen LogP contribution in [0.3, 0.4) is 0 Å². The van der Waals surface area contributed by atoms with Crippen LogP contribution >= 0.6 is 11.6 Å². The summed E-state index contributed by atoms with van der Waals surface area (Å²) in [4.78, 5) is 2.42. The number of nitrogens with one attached hydrogen (secondary N) is 1. The first-order chi connectivity index (χ1) is 10.0. The number of hydrogen-bond donors (Lipinski definition) is 1. The smallest absolute Gasteiger partial charge is 0.0642 e. The number of ether oxygens (including phenoxy) is 1. The molecular formula is C17H27ClN2O. The molecule has 2 rings (SSSR count). The molecule has 1 fully saturated rings. The summed E-state index contributed by atoms with van der Waals surface area (Å²) in [5, 5.41) is 4.20. The summed E-state index contributed by atoms with van der Waals surface area (Å²) in [6.07, 6.45) is 2.53. The predicted molar refractivity (Wildman–Crippen MR) is 90.3 cm³/mol. The average Bonchev–Trinajstić information content (AvgIpc) is 2.42. The van der Waals surface area contributed by atoms with E-state index in [0.717, 1.165) is 37.8 Å². The second-order valence-electron chi connectivity index (χ2n) is 6.64. The Morgan fingerprint density at radius 1 is 1.38 bits per heavy atom. The Labute approximate surface area is 133 Å². The lowest BCUT2D eigenvalue weighted by molar-refractivity contribution is 0.199. The lowest BCUT2D eigenvalue weighted by Crippen LogP contribution is -2.40.